The van der Waals surface area contributed by atoms with Gasteiger partial charge in [0.05, 0.1) is 0 Å². The van der Waals surface area contributed by atoms with E-state index in [0.29, 0.717) is 36.9 Å². The largest absolute Gasteiger partial charge is 0.388 e. The average molecular weight is 666 g/mol. The number of nitrogens with zero attached hydrogens (tertiary/aromatic N) is 4. The highest BCUT2D eigenvalue weighted by atomic mass is 16.5. The Labute approximate surface area is 288 Å². The third kappa shape index (κ3) is 16.7. The lowest BCUT2D eigenvalue weighted by atomic mass is 10.2. The summed E-state index contributed by atoms with van der Waals surface area (Å²) >= 11 is 0. The van der Waals surface area contributed by atoms with E-state index >= 15 is 0 Å². The first-order valence-electron chi connectivity index (χ1n) is 17.6. The summed E-state index contributed by atoms with van der Waals surface area (Å²) in [5.41, 5.74) is 6.90. The first-order chi connectivity index (χ1) is 23.4. The molecule has 11 nitrogen and oxygen atoms in total. The molecule has 3 amide bonds. The number of benzene rings is 2. The molecule has 48 heavy (non-hydrogen) atoms. The fourth-order valence-electron chi connectivity index (χ4n) is 4.95. The van der Waals surface area contributed by atoms with Crippen LogP contribution in [0, 0.1) is 11.5 Å². The number of unbranched alkanes of at least 4 members (excludes halogenated alkanes) is 3. The van der Waals surface area contributed by atoms with Crippen LogP contribution in [-0.2, 0) is 4.79 Å². The zero-order chi connectivity index (χ0) is 35.4. The quantitative estimate of drug-likeness (QED) is 0.222. The topological polar surface area (TPSA) is 144 Å². The maximum Gasteiger partial charge on any atom is 0.292 e. The number of hydrogen-bond donors (Lipinski definition) is 3. The summed E-state index contributed by atoms with van der Waals surface area (Å²) in [6, 6.07) is 16.0. The zero-order valence-corrected chi connectivity index (χ0v) is 29.7. The maximum atomic E-state index is 12.3. The van der Waals surface area contributed by atoms with Gasteiger partial charge in [-0.15, -0.1) is 5.26 Å². The van der Waals surface area contributed by atoms with E-state index in [1.54, 1.807) is 35.4 Å². The van der Waals surface area contributed by atoms with Crippen LogP contribution in [0.5, 0.6) is 5.75 Å². The molecular weight excluding hydrogens is 606 g/mol. The number of rotatable bonds is 12. The average Bonchev–Trinajstić information content (AvgIpc) is 3.15. The molecule has 0 saturated carbocycles. The number of nitriles is 1. The third-order valence-electron chi connectivity index (χ3n) is 7.62. The molecule has 2 saturated heterocycles. The molecule has 0 aromatic heterocycles. The van der Waals surface area contributed by atoms with Gasteiger partial charge in [0.15, 0.2) is 0 Å². The molecule has 266 valence electrons. The summed E-state index contributed by atoms with van der Waals surface area (Å²) in [4.78, 5) is 41.4. The van der Waals surface area contributed by atoms with Crippen molar-refractivity contribution in [1.29, 1.82) is 5.26 Å². The minimum absolute atomic E-state index is 0.0394. The van der Waals surface area contributed by atoms with Crippen molar-refractivity contribution in [2.75, 3.05) is 72.0 Å². The predicted octanol–water partition coefficient (Wildman–Crippen LogP) is 4.50. The second-order valence-corrected chi connectivity index (χ2v) is 11.1. The Morgan fingerprint density at radius 3 is 1.88 bits per heavy atom. The number of carbonyl (C=O) groups is 3. The van der Waals surface area contributed by atoms with Crippen molar-refractivity contribution in [1.82, 2.24) is 25.3 Å². The van der Waals surface area contributed by atoms with Gasteiger partial charge < -0.3 is 35.8 Å². The van der Waals surface area contributed by atoms with Crippen molar-refractivity contribution in [2.24, 2.45) is 5.73 Å². The van der Waals surface area contributed by atoms with Gasteiger partial charge >= 0.3 is 0 Å². The van der Waals surface area contributed by atoms with E-state index in [1.165, 1.54) is 12.8 Å². The summed E-state index contributed by atoms with van der Waals surface area (Å²) in [6.45, 7) is 17.1. The number of nitrogens with one attached hydrogen (secondary N) is 2. The molecule has 4 N–H and O–H groups in total. The van der Waals surface area contributed by atoms with Gasteiger partial charge in [-0.05, 0) is 49.2 Å². The Morgan fingerprint density at radius 2 is 1.35 bits per heavy atom. The first kappa shape index (κ1) is 42.0. The van der Waals surface area contributed by atoms with Crippen LogP contribution in [-0.4, -0.2) is 104 Å². The van der Waals surface area contributed by atoms with E-state index in [1.807, 2.05) is 54.0 Å². The molecule has 4 rings (SSSR count). The van der Waals surface area contributed by atoms with Crippen LogP contribution in [0.4, 0.5) is 0 Å². The molecule has 2 aliphatic rings. The molecule has 0 spiro atoms. The Bertz CT molecular complexity index is 1180. The predicted molar refractivity (Wildman–Crippen MR) is 193 cm³/mol. The molecule has 0 aliphatic carbocycles. The molecule has 2 aromatic carbocycles. The van der Waals surface area contributed by atoms with Crippen LogP contribution >= 0.6 is 0 Å². The highest BCUT2D eigenvalue weighted by Gasteiger charge is 2.17. The Hall–Kier alpha value is -3.98. The Balaban J connectivity index is 0.000000357. The maximum absolute atomic E-state index is 12.3. The molecular formula is C37H59N7O4. The minimum Gasteiger partial charge on any atom is -0.388 e. The van der Waals surface area contributed by atoms with Gasteiger partial charge in [0.1, 0.15) is 5.75 Å². The first-order valence-corrected chi connectivity index (χ1v) is 17.6. The van der Waals surface area contributed by atoms with E-state index < -0.39 is 0 Å². The number of ether oxygens (including phenoxy) is 1. The van der Waals surface area contributed by atoms with Gasteiger partial charge in [0, 0.05) is 89.5 Å². The van der Waals surface area contributed by atoms with Gasteiger partial charge in [-0.3, -0.25) is 14.4 Å². The van der Waals surface area contributed by atoms with Gasteiger partial charge in [-0.2, -0.15) is 0 Å². The molecule has 0 unspecified atom stereocenters. The number of piperazine rings is 2. The normalized spacial score (nSPS) is 13.6. The van der Waals surface area contributed by atoms with Crippen molar-refractivity contribution in [3.8, 4) is 12.0 Å². The molecule has 2 aromatic rings. The number of amides is 3. The molecule has 11 heteroatoms. The summed E-state index contributed by atoms with van der Waals surface area (Å²) in [5.74, 6) is 0.877. The summed E-state index contributed by atoms with van der Waals surface area (Å²) in [6.07, 6.45) is 7.75. The molecule has 2 aliphatic heterocycles. The van der Waals surface area contributed by atoms with Crippen LogP contribution < -0.4 is 21.1 Å². The number of carbonyl (C=O) groups excluding carboxylic acids is 3. The second-order valence-electron chi connectivity index (χ2n) is 11.1. The van der Waals surface area contributed by atoms with Gasteiger partial charge in [0.2, 0.25) is 5.91 Å². The Morgan fingerprint density at radius 1 is 0.792 bits per heavy atom. The van der Waals surface area contributed by atoms with Crippen LogP contribution in [0.1, 0.15) is 86.9 Å². The highest BCUT2D eigenvalue weighted by molar-refractivity contribution is 5.94. The lowest BCUT2D eigenvalue weighted by molar-refractivity contribution is -0.131. The second kappa shape index (κ2) is 27.0. The summed E-state index contributed by atoms with van der Waals surface area (Å²) < 4.78 is 4.67. The fraction of sp³-hybridized carbons (Fsp3) is 0.568. The fourth-order valence-corrected chi connectivity index (χ4v) is 4.95. The molecule has 0 radical (unpaired) electrons. The van der Waals surface area contributed by atoms with E-state index in [2.05, 4.69) is 29.2 Å². The SMILES string of the molecule is CC.CCCCCC(=O)N1CCNCC1.CCCCN(CCN)C(=O)c1ccc(OC#N)cc1.O=C(c1ccccc1)N1CCNCC1. The van der Waals surface area contributed by atoms with Gasteiger partial charge in [-0.25, -0.2) is 0 Å². The molecule has 0 atom stereocenters. The van der Waals surface area contributed by atoms with Crippen LogP contribution in [0.3, 0.4) is 0 Å². The van der Waals surface area contributed by atoms with Crippen LogP contribution in [0.2, 0.25) is 0 Å². The molecule has 2 heterocycles. The number of nitrogens with two attached hydrogens (primary N) is 1. The lowest BCUT2D eigenvalue weighted by Gasteiger charge is -2.27. The van der Waals surface area contributed by atoms with Gasteiger partial charge in [0.25, 0.3) is 18.1 Å². The van der Waals surface area contributed by atoms with Crippen molar-refractivity contribution < 1.29 is 19.1 Å². The standard InChI is InChI=1S/C14H19N3O2.C11H14N2O.C10H20N2O.C2H6/c1-2-3-9-17(10-8-15)14(18)12-4-6-13(7-5-12)19-11-16;14-11(10-4-2-1-3-5-10)13-8-6-12-7-9-13;1-2-3-4-5-10(13)12-8-6-11-7-9-12;1-2/h4-7H,2-3,8-10,15H2,1H3;1-5,12H,6-9H2;11H,2-9H2,1H3;1-2H3. The van der Waals surface area contributed by atoms with Crippen molar-refractivity contribution in [3.05, 3.63) is 65.7 Å². The monoisotopic (exact) mass is 665 g/mol. The molecule has 2 fully saturated rings. The number of hydrogen-bond acceptors (Lipinski definition) is 8. The van der Waals surface area contributed by atoms with Crippen molar-refractivity contribution in [2.45, 2.75) is 66.2 Å². The lowest BCUT2D eigenvalue weighted by Crippen LogP contribution is -2.46. The zero-order valence-electron chi connectivity index (χ0n) is 29.7. The van der Waals surface area contributed by atoms with E-state index in [-0.39, 0.29) is 11.8 Å². The van der Waals surface area contributed by atoms with Crippen molar-refractivity contribution >= 4 is 17.7 Å². The smallest absolute Gasteiger partial charge is 0.292 e. The van der Waals surface area contributed by atoms with E-state index in [0.717, 1.165) is 83.6 Å². The van der Waals surface area contributed by atoms with E-state index in [4.69, 9.17) is 11.0 Å². The van der Waals surface area contributed by atoms with Crippen LogP contribution in [0.25, 0.3) is 0 Å². The molecule has 0 bridgehead atoms. The van der Waals surface area contributed by atoms with E-state index in [9.17, 15) is 14.4 Å². The van der Waals surface area contributed by atoms with Crippen LogP contribution in [0.15, 0.2) is 54.6 Å². The van der Waals surface area contributed by atoms with Crippen molar-refractivity contribution in [3.63, 3.8) is 0 Å². The summed E-state index contributed by atoms with van der Waals surface area (Å²) in [5, 5.41) is 14.9. The Kier molecular flexibility index (Phi) is 23.7. The highest BCUT2D eigenvalue weighted by Crippen LogP contribution is 2.14. The minimum atomic E-state index is -0.0394. The third-order valence-corrected chi connectivity index (χ3v) is 7.62. The summed E-state index contributed by atoms with van der Waals surface area (Å²) in [7, 11) is 0. The van der Waals surface area contributed by atoms with Gasteiger partial charge in [-0.1, -0.05) is 65.2 Å².